The van der Waals surface area contributed by atoms with Crippen molar-refractivity contribution >= 4 is 51.7 Å². The Morgan fingerprint density at radius 1 is 0.848 bits per heavy atom. The van der Waals surface area contributed by atoms with Gasteiger partial charge in [0.15, 0.2) is 6.10 Å². The monoisotopic (exact) mass is 640 g/mol. The first-order chi connectivity index (χ1) is 22.2. The minimum Gasteiger partial charge on any atom is -0.465 e. The third-order valence-corrected chi connectivity index (χ3v) is 9.01. The quantitative estimate of drug-likeness (QED) is 0.142. The summed E-state index contributed by atoms with van der Waals surface area (Å²) in [6.07, 6.45) is -1.23. The number of methoxy groups -OCH3 is 1. The van der Waals surface area contributed by atoms with Crippen LogP contribution >= 0.6 is 11.3 Å². The number of benzene rings is 3. The number of hydrogen-bond donors (Lipinski definition) is 0. The second-order valence-electron chi connectivity index (χ2n) is 10.4. The molecule has 4 aromatic rings. The molecule has 3 aromatic carbocycles. The van der Waals surface area contributed by atoms with Gasteiger partial charge in [0, 0.05) is 0 Å². The molecule has 11 nitrogen and oxygen atoms in total. The molecule has 234 valence electrons. The summed E-state index contributed by atoms with van der Waals surface area (Å²) in [7, 11) is 1.17. The van der Waals surface area contributed by atoms with Crippen molar-refractivity contribution in [3.05, 3.63) is 112 Å². The summed E-state index contributed by atoms with van der Waals surface area (Å²) in [5, 5.41) is 1.49. The molecule has 46 heavy (non-hydrogen) atoms. The lowest BCUT2D eigenvalue weighted by atomic mass is 9.90. The summed E-state index contributed by atoms with van der Waals surface area (Å²) < 4.78 is 15.6. The first-order valence-electron chi connectivity index (χ1n) is 14.4. The molecule has 12 heteroatoms. The van der Waals surface area contributed by atoms with Crippen molar-refractivity contribution < 1.29 is 43.0 Å². The maximum Gasteiger partial charge on any atom is 0.348 e. The van der Waals surface area contributed by atoms with Gasteiger partial charge in [-0.15, -0.1) is 11.3 Å². The molecule has 6 rings (SSSR count). The van der Waals surface area contributed by atoms with Gasteiger partial charge < -0.3 is 14.2 Å². The van der Waals surface area contributed by atoms with E-state index < -0.39 is 47.8 Å². The summed E-state index contributed by atoms with van der Waals surface area (Å²) >= 11 is 0.813. The fraction of sp³-hybridized carbons (Fsp3) is 0.206. The summed E-state index contributed by atoms with van der Waals surface area (Å²) in [5.41, 5.74) is 1.79. The summed E-state index contributed by atoms with van der Waals surface area (Å²) in [6.45, 7) is 3.28. The molecule has 2 amide bonds. The van der Waals surface area contributed by atoms with E-state index in [2.05, 4.69) is 0 Å². The highest BCUT2D eigenvalue weighted by atomic mass is 32.1. The van der Waals surface area contributed by atoms with Gasteiger partial charge in [0.25, 0.3) is 5.91 Å². The molecule has 1 aromatic heterocycles. The Morgan fingerprint density at radius 2 is 1.50 bits per heavy atom. The molecule has 0 spiro atoms. The SMILES string of the molecule is CCOC(=O)c1sc(N2C(=O)C3ON(c4ccccc4)C(c4ccc(OC(=O)c5ccccc5)cc4)C3C2=O)c(C(=O)OC)c1C. The molecule has 0 bridgehead atoms. The molecular formula is C34H28N2O9S. The number of thiophene rings is 1. The number of amides is 2. The van der Waals surface area contributed by atoms with Crippen molar-refractivity contribution in [2.24, 2.45) is 5.92 Å². The topological polar surface area (TPSA) is 129 Å². The van der Waals surface area contributed by atoms with Crippen LogP contribution in [0.4, 0.5) is 10.7 Å². The van der Waals surface area contributed by atoms with E-state index in [0.29, 0.717) is 16.8 Å². The van der Waals surface area contributed by atoms with Gasteiger partial charge in [-0.25, -0.2) is 24.3 Å². The molecule has 3 unspecified atom stereocenters. The van der Waals surface area contributed by atoms with E-state index in [0.717, 1.165) is 16.2 Å². The average molecular weight is 641 g/mol. The Kier molecular flexibility index (Phi) is 8.39. The van der Waals surface area contributed by atoms with Crippen LogP contribution in [0.2, 0.25) is 0 Å². The number of ether oxygens (including phenoxy) is 3. The average Bonchev–Trinajstić information content (AvgIpc) is 3.71. The molecule has 0 radical (unpaired) electrons. The molecule has 0 N–H and O–H groups in total. The van der Waals surface area contributed by atoms with Crippen molar-refractivity contribution in [2.45, 2.75) is 26.0 Å². The van der Waals surface area contributed by atoms with Crippen LogP contribution in [0.25, 0.3) is 0 Å². The molecular weight excluding hydrogens is 612 g/mol. The number of rotatable bonds is 8. The standard InChI is InChI=1S/C34H28N2O9S/c1-4-43-34(41)28-19(2)24(33(40)42-3)31(46-28)35-29(37)25-26(36(45-27(25)30(35)38)22-13-9-6-10-14-22)20-15-17-23(18-16-20)44-32(39)21-11-7-5-8-12-21/h5-18,25-27H,4H2,1-3H3. The fourth-order valence-electron chi connectivity index (χ4n) is 5.62. The molecule has 3 heterocycles. The third kappa shape index (κ3) is 5.31. The van der Waals surface area contributed by atoms with Crippen molar-refractivity contribution in [3.8, 4) is 5.75 Å². The number of imide groups is 1. The molecule has 0 aliphatic carbocycles. The zero-order valence-corrected chi connectivity index (χ0v) is 25.8. The Balaban J connectivity index is 1.37. The number of hydrogen-bond acceptors (Lipinski definition) is 11. The van der Waals surface area contributed by atoms with Gasteiger partial charge in [0.05, 0.1) is 36.6 Å². The number of nitrogens with zero attached hydrogens (tertiary/aromatic N) is 2. The van der Waals surface area contributed by atoms with Crippen molar-refractivity contribution in [3.63, 3.8) is 0 Å². The van der Waals surface area contributed by atoms with E-state index >= 15 is 0 Å². The van der Waals surface area contributed by atoms with Gasteiger partial charge in [-0.05, 0) is 61.4 Å². The molecule has 2 aliphatic rings. The number of carbonyl (C=O) groups is 5. The molecule has 2 aliphatic heterocycles. The third-order valence-electron chi connectivity index (χ3n) is 7.75. The zero-order valence-electron chi connectivity index (χ0n) is 25.0. The Morgan fingerprint density at radius 3 is 2.13 bits per heavy atom. The maximum atomic E-state index is 14.3. The molecule has 2 fully saturated rings. The molecule has 0 saturated carbocycles. The smallest absolute Gasteiger partial charge is 0.348 e. The molecule has 2 saturated heterocycles. The van der Waals surface area contributed by atoms with E-state index in [1.54, 1.807) is 85.8 Å². The summed E-state index contributed by atoms with van der Waals surface area (Å²) in [6, 6.07) is 23.4. The van der Waals surface area contributed by atoms with Gasteiger partial charge in [0.1, 0.15) is 21.5 Å². The number of hydroxylamine groups is 1. The van der Waals surface area contributed by atoms with Crippen LogP contribution in [-0.4, -0.2) is 49.5 Å². The van der Waals surface area contributed by atoms with E-state index in [4.69, 9.17) is 19.0 Å². The number of carbonyl (C=O) groups excluding carboxylic acids is 5. The van der Waals surface area contributed by atoms with Gasteiger partial charge >= 0.3 is 17.9 Å². The number of esters is 3. The lowest BCUT2D eigenvalue weighted by Gasteiger charge is -2.28. The Labute approximate surface area is 267 Å². The lowest BCUT2D eigenvalue weighted by Crippen LogP contribution is -2.37. The lowest BCUT2D eigenvalue weighted by molar-refractivity contribution is -0.126. The van der Waals surface area contributed by atoms with Gasteiger partial charge in [-0.1, -0.05) is 48.5 Å². The number of anilines is 2. The highest BCUT2D eigenvalue weighted by Gasteiger charge is 2.61. The van der Waals surface area contributed by atoms with Crippen LogP contribution < -0.4 is 14.7 Å². The highest BCUT2D eigenvalue weighted by molar-refractivity contribution is 7.19. The Hall–Kier alpha value is -5.33. The summed E-state index contributed by atoms with van der Waals surface area (Å²) in [5.74, 6) is -4.04. The second kappa shape index (κ2) is 12.6. The maximum absolute atomic E-state index is 14.3. The Bertz CT molecular complexity index is 1820. The van der Waals surface area contributed by atoms with Gasteiger partial charge in [0.2, 0.25) is 5.91 Å². The first kappa shape index (κ1) is 30.7. The van der Waals surface area contributed by atoms with Crippen LogP contribution in [0.3, 0.4) is 0 Å². The largest absolute Gasteiger partial charge is 0.465 e. The second-order valence-corrected chi connectivity index (χ2v) is 11.4. The summed E-state index contributed by atoms with van der Waals surface area (Å²) in [4.78, 5) is 73.7. The normalized spacial score (nSPS) is 18.8. The minimum atomic E-state index is -1.23. The minimum absolute atomic E-state index is 0.0337. The van der Waals surface area contributed by atoms with Crippen LogP contribution in [-0.2, 0) is 23.9 Å². The van der Waals surface area contributed by atoms with Crippen LogP contribution in [0.15, 0.2) is 84.9 Å². The predicted octanol–water partition coefficient (Wildman–Crippen LogP) is 5.29. The first-order valence-corrected chi connectivity index (χ1v) is 15.2. The predicted molar refractivity (Wildman–Crippen MR) is 167 cm³/mol. The van der Waals surface area contributed by atoms with E-state index in [-0.39, 0.29) is 33.4 Å². The van der Waals surface area contributed by atoms with Crippen LogP contribution in [0, 0.1) is 12.8 Å². The van der Waals surface area contributed by atoms with E-state index in [1.165, 1.54) is 19.1 Å². The van der Waals surface area contributed by atoms with Gasteiger partial charge in [-0.3, -0.25) is 14.4 Å². The van der Waals surface area contributed by atoms with Crippen LogP contribution in [0.1, 0.15) is 54.5 Å². The van der Waals surface area contributed by atoms with Gasteiger partial charge in [-0.2, -0.15) is 0 Å². The van der Waals surface area contributed by atoms with Crippen molar-refractivity contribution in [1.82, 2.24) is 0 Å². The molecule has 3 atom stereocenters. The van der Waals surface area contributed by atoms with E-state index in [9.17, 15) is 24.0 Å². The van der Waals surface area contributed by atoms with Crippen molar-refractivity contribution in [2.75, 3.05) is 23.7 Å². The fourth-order valence-corrected chi connectivity index (χ4v) is 6.82. The van der Waals surface area contributed by atoms with Crippen molar-refractivity contribution in [1.29, 1.82) is 0 Å². The van der Waals surface area contributed by atoms with E-state index in [1.807, 2.05) is 6.07 Å². The zero-order chi connectivity index (χ0) is 32.5. The highest BCUT2D eigenvalue weighted by Crippen LogP contribution is 2.50. The number of fused-ring (bicyclic) bond motifs is 1. The number of para-hydroxylation sites is 1. The van der Waals surface area contributed by atoms with Crippen LogP contribution in [0.5, 0.6) is 5.75 Å².